The SMILES string of the molecule is CCOC(CN1CCC(NC(C)=O)C1)OCC. The van der Waals surface area contributed by atoms with Crippen LogP contribution >= 0.6 is 0 Å². The second-order valence-corrected chi connectivity index (χ2v) is 4.29. The Morgan fingerprint density at radius 3 is 2.59 bits per heavy atom. The number of likely N-dealkylation sites (tertiary alicyclic amines) is 1. The number of hydrogen-bond donors (Lipinski definition) is 1. The molecule has 1 aliphatic rings. The van der Waals surface area contributed by atoms with Crippen molar-refractivity contribution in [2.75, 3.05) is 32.8 Å². The van der Waals surface area contributed by atoms with Crippen LogP contribution in [-0.4, -0.2) is 56.0 Å². The molecule has 100 valence electrons. The third kappa shape index (κ3) is 5.48. The lowest BCUT2D eigenvalue weighted by atomic mass is 10.3. The van der Waals surface area contributed by atoms with Crippen LogP contribution in [0.2, 0.25) is 0 Å². The van der Waals surface area contributed by atoms with Crippen molar-refractivity contribution in [2.45, 2.75) is 39.5 Å². The molecule has 1 heterocycles. The first-order valence-electron chi connectivity index (χ1n) is 6.38. The van der Waals surface area contributed by atoms with Gasteiger partial charge >= 0.3 is 0 Å². The molecule has 0 radical (unpaired) electrons. The molecule has 1 aliphatic heterocycles. The van der Waals surface area contributed by atoms with Crippen molar-refractivity contribution >= 4 is 5.91 Å². The number of amides is 1. The lowest BCUT2D eigenvalue weighted by molar-refractivity contribution is -0.145. The molecule has 1 unspecified atom stereocenters. The van der Waals surface area contributed by atoms with Gasteiger partial charge in [0.1, 0.15) is 0 Å². The molecule has 5 heteroatoms. The number of rotatable bonds is 7. The van der Waals surface area contributed by atoms with Crippen molar-refractivity contribution < 1.29 is 14.3 Å². The largest absolute Gasteiger partial charge is 0.352 e. The Bertz CT molecular complexity index is 230. The number of carbonyl (C=O) groups excluding carboxylic acids is 1. The van der Waals surface area contributed by atoms with E-state index in [1.807, 2.05) is 13.8 Å². The minimum Gasteiger partial charge on any atom is -0.352 e. The van der Waals surface area contributed by atoms with Crippen LogP contribution in [0.1, 0.15) is 27.2 Å². The standard InChI is InChI=1S/C12H24N2O3/c1-4-16-12(17-5-2)9-14-7-6-11(8-14)13-10(3)15/h11-12H,4-9H2,1-3H3,(H,13,15). The second-order valence-electron chi connectivity index (χ2n) is 4.29. The molecule has 5 nitrogen and oxygen atoms in total. The summed E-state index contributed by atoms with van der Waals surface area (Å²) >= 11 is 0. The Balaban J connectivity index is 2.29. The van der Waals surface area contributed by atoms with E-state index >= 15 is 0 Å². The average molecular weight is 244 g/mol. The van der Waals surface area contributed by atoms with E-state index in [0.717, 1.165) is 26.1 Å². The Kier molecular flexibility index (Phi) is 6.47. The summed E-state index contributed by atoms with van der Waals surface area (Å²) in [6.45, 7) is 9.47. The highest BCUT2D eigenvalue weighted by molar-refractivity contribution is 5.73. The molecule has 0 aromatic carbocycles. The molecule has 0 aromatic heterocycles. The number of nitrogens with one attached hydrogen (secondary N) is 1. The summed E-state index contributed by atoms with van der Waals surface area (Å²) in [5.41, 5.74) is 0. The van der Waals surface area contributed by atoms with Gasteiger partial charge in [-0.05, 0) is 20.3 Å². The fourth-order valence-electron chi connectivity index (χ4n) is 2.14. The van der Waals surface area contributed by atoms with Crippen molar-refractivity contribution in [1.82, 2.24) is 10.2 Å². The lowest BCUT2D eigenvalue weighted by Crippen LogP contribution is -2.38. The average Bonchev–Trinajstić information content (AvgIpc) is 2.65. The lowest BCUT2D eigenvalue weighted by Gasteiger charge is -2.23. The highest BCUT2D eigenvalue weighted by Gasteiger charge is 2.25. The minimum atomic E-state index is -0.152. The molecule has 1 amide bonds. The van der Waals surface area contributed by atoms with Gasteiger partial charge in [-0.1, -0.05) is 0 Å². The molecule has 0 aliphatic carbocycles. The molecule has 0 spiro atoms. The first-order valence-corrected chi connectivity index (χ1v) is 6.38. The van der Waals surface area contributed by atoms with Gasteiger partial charge in [-0.25, -0.2) is 0 Å². The maximum atomic E-state index is 11.0. The van der Waals surface area contributed by atoms with E-state index in [1.54, 1.807) is 6.92 Å². The van der Waals surface area contributed by atoms with E-state index in [1.165, 1.54) is 0 Å². The second kappa shape index (κ2) is 7.63. The predicted octanol–water partition coefficient (Wildman–Crippen LogP) is 0.596. The van der Waals surface area contributed by atoms with Crippen LogP contribution in [0.4, 0.5) is 0 Å². The summed E-state index contributed by atoms with van der Waals surface area (Å²) in [6.07, 6.45) is 0.853. The maximum absolute atomic E-state index is 11.0. The van der Waals surface area contributed by atoms with Crippen LogP contribution in [0, 0.1) is 0 Å². The van der Waals surface area contributed by atoms with Gasteiger partial charge in [0.25, 0.3) is 0 Å². The highest BCUT2D eigenvalue weighted by atomic mass is 16.7. The Hall–Kier alpha value is -0.650. The van der Waals surface area contributed by atoms with Crippen LogP contribution in [0.15, 0.2) is 0 Å². The molecular weight excluding hydrogens is 220 g/mol. The van der Waals surface area contributed by atoms with E-state index in [9.17, 15) is 4.79 Å². The Morgan fingerprint density at radius 2 is 2.06 bits per heavy atom. The normalized spacial score (nSPS) is 21.1. The maximum Gasteiger partial charge on any atom is 0.217 e. The molecule has 0 bridgehead atoms. The number of nitrogens with zero attached hydrogens (tertiary/aromatic N) is 1. The van der Waals surface area contributed by atoms with Crippen molar-refractivity contribution in [3.63, 3.8) is 0 Å². The predicted molar refractivity (Wildman–Crippen MR) is 65.7 cm³/mol. The molecule has 1 fully saturated rings. The van der Waals surface area contributed by atoms with E-state index < -0.39 is 0 Å². The molecule has 1 atom stereocenters. The van der Waals surface area contributed by atoms with Gasteiger partial charge in [0.15, 0.2) is 6.29 Å². The van der Waals surface area contributed by atoms with Gasteiger partial charge in [-0.2, -0.15) is 0 Å². The van der Waals surface area contributed by atoms with Crippen molar-refractivity contribution in [3.8, 4) is 0 Å². The monoisotopic (exact) mass is 244 g/mol. The van der Waals surface area contributed by atoms with Crippen molar-refractivity contribution in [3.05, 3.63) is 0 Å². The molecule has 0 saturated carbocycles. The summed E-state index contributed by atoms with van der Waals surface area (Å²) in [4.78, 5) is 13.2. The Morgan fingerprint density at radius 1 is 1.41 bits per heavy atom. The number of carbonyl (C=O) groups is 1. The van der Waals surface area contributed by atoms with E-state index in [-0.39, 0.29) is 18.2 Å². The number of hydrogen-bond acceptors (Lipinski definition) is 4. The van der Waals surface area contributed by atoms with E-state index in [4.69, 9.17) is 9.47 Å². The number of ether oxygens (including phenoxy) is 2. The molecule has 1 N–H and O–H groups in total. The van der Waals surface area contributed by atoms with Crippen LogP contribution < -0.4 is 5.32 Å². The Labute approximate surface area is 103 Å². The first-order chi connectivity index (χ1) is 8.15. The summed E-state index contributed by atoms with van der Waals surface area (Å²) in [5, 5.41) is 2.95. The van der Waals surface area contributed by atoms with Crippen molar-refractivity contribution in [2.24, 2.45) is 0 Å². The van der Waals surface area contributed by atoms with Crippen LogP contribution in [0.3, 0.4) is 0 Å². The zero-order chi connectivity index (χ0) is 12.7. The summed E-state index contributed by atoms with van der Waals surface area (Å²) in [7, 11) is 0. The quantitative estimate of drug-likeness (QED) is 0.666. The van der Waals surface area contributed by atoms with E-state index in [2.05, 4.69) is 10.2 Å². The first kappa shape index (κ1) is 14.4. The van der Waals surface area contributed by atoms with Gasteiger partial charge in [0.05, 0.1) is 0 Å². The fraction of sp³-hybridized carbons (Fsp3) is 0.917. The third-order valence-corrected chi connectivity index (χ3v) is 2.79. The van der Waals surface area contributed by atoms with Gasteiger partial charge < -0.3 is 14.8 Å². The molecular formula is C12H24N2O3. The van der Waals surface area contributed by atoms with Gasteiger partial charge in [-0.3, -0.25) is 9.69 Å². The van der Waals surface area contributed by atoms with Crippen LogP contribution in [0.5, 0.6) is 0 Å². The zero-order valence-corrected chi connectivity index (χ0v) is 11.1. The molecule has 0 aromatic rings. The van der Waals surface area contributed by atoms with Crippen molar-refractivity contribution in [1.29, 1.82) is 0 Å². The topological polar surface area (TPSA) is 50.8 Å². The summed E-state index contributed by atoms with van der Waals surface area (Å²) in [6, 6.07) is 0.274. The third-order valence-electron chi connectivity index (χ3n) is 2.79. The molecule has 17 heavy (non-hydrogen) atoms. The fourth-order valence-corrected chi connectivity index (χ4v) is 2.14. The van der Waals surface area contributed by atoms with Gasteiger partial charge in [-0.15, -0.1) is 0 Å². The summed E-state index contributed by atoms with van der Waals surface area (Å²) in [5.74, 6) is 0.0445. The van der Waals surface area contributed by atoms with Gasteiger partial charge in [0.2, 0.25) is 5.91 Å². The van der Waals surface area contributed by atoms with Gasteiger partial charge in [0, 0.05) is 45.8 Å². The highest BCUT2D eigenvalue weighted by Crippen LogP contribution is 2.11. The minimum absolute atomic E-state index is 0.0445. The smallest absolute Gasteiger partial charge is 0.217 e. The molecule has 1 rings (SSSR count). The zero-order valence-electron chi connectivity index (χ0n) is 11.1. The van der Waals surface area contributed by atoms with Crippen LogP contribution in [-0.2, 0) is 14.3 Å². The van der Waals surface area contributed by atoms with Crippen LogP contribution in [0.25, 0.3) is 0 Å². The molecule has 1 saturated heterocycles. The van der Waals surface area contributed by atoms with E-state index in [0.29, 0.717) is 13.2 Å². The summed E-state index contributed by atoms with van der Waals surface area (Å²) < 4.78 is 11.0.